The van der Waals surface area contributed by atoms with Gasteiger partial charge < -0.3 is 15.1 Å². The molecule has 2 aliphatic heterocycles. The number of hydrogen-bond acceptors (Lipinski definition) is 7. The maximum absolute atomic E-state index is 13.0. The van der Waals surface area contributed by atoms with Crippen molar-refractivity contribution >= 4 is 56.0 Å². The number of thiazole rings is 1. The van der Waals surface area contributed by atoms with Crippen LogP contribution in [0.25, 0.3) is 10.2 Å². The number of fused-ring (bicyclic) bond motifs is 1. The molecule has 9 heteroatoms. The Labute approximate surface area is 205 Å². The first-order valence-corrected chi connectivity index (χ1v) is 13.4. The molecule has 2 amide bonds. The molecule has 0 radical (unpaired) electrons. The molecule has 33 heavy (non-hydrogen) atoms. The van der Waals surface area contributed by atoms with Crippen molar-refractivity contribution in [1.82, 2.24) is 14.2 Å². The number of anilines is 2. The minimum atomic E-state index is -0.0854. The lowest BCUT2D eigenvalue weighted by atomic mass is 9.98. The van der Waals surface area contributed by atoms with Crippen molar-refractivity contribution in [3.63, 3.8) is 0 Å². The lowest BCUT2D eigenvalue weighted by Gasteiger charge is -2.34. The second-order valence-electron chi connectivity index (χ2n) is 10.2. The van der Waals surface area contributed by atoms with Crippen molar-refractivity contribution < 1.29 is 9.59 Å². The summed E-state index contributed by atoms with van der Waals surface area (Å²) in [6.07, 6.45) is 2.32. The van der Waals surface area contributed by atoms with Gasteiger partial charge in [-0.15, -0.1) is 11.3 Å². The molecule has 4 rings (SSSR count). The summed E-state index contributed by atoms with van der Waals surface area (Å²) in [5, 5.41) is 4.20. The van der Waals surface area contributed by atoms with Gasteiger partial charge in [-0.25, -0.2) is 9.29 Å². The van der Waals surface area contributed by atoms with Gasteiger partial charge in [0.15, 0.2) is 0 Å². The van der Waals surface area contributed by atoms with Crippen LogP contribution in [0.15, 0.2) is 12.1 Å². The van der Waals surface area contributed by atoms with Crippen LogP contribution >= 0.6 is 23.3 Å². The van der Waals surface area contributed by atoms with E-state index in [1.807, 2.05) is 9.21 Å². The number of hydrogen-bond donors (Lipinski definition) is 1. The van der Waals surface area contributed by atoms with Gasteiger partial charge in [0, 0.05) is 63.6 Å². The van der Waals surface area contributed by atoms with Gasteiger partial charge in [0.1, 0.15) is 0 Å². The second kappa shape index (κ2) is 9.80. The minimum absolute atomic E-state index is 0.00825. The van der Waals surface area contributed by atoms with E-state index >= 15 is 0 Å². The fourth-order valence-electron chi connectivity index (χ4n) is 4.24. The molecule has 2 saturated heterocycles. The predicted molar refractivity (Wildman–Crippen MR) is 139 cm³/mol. The molecule has 2 fully saturated rings. The van der Waals surface area contributed by atoms with E-state index in [1.54, 1.807) is 18.3 Å². The molecule has 180 valence electrons. The first-order chi connectivity index (χ1) is 15.6. The fourth-order valence-corrected chi connectivity index (χ4v) is 6.02. The quantitative estimate of drug-likeness (QED) is 0.600. The maximum Gasteiger partial charge on any atom is 0.298 e. The average molecular weight is 490 g/mol. The number of rotatable bonds is 3. The smallest absolute Gasteiger partial charge is 0.298 e. The van der Waals surface area contributed by atoms with Gasteiger partial charge in [-0.05, 0) is 30.9 Å². The van der Waals surface area contributed by atoms with Crippen LogP contribution in [0.2, 0.25) is 0 Å². The number of amides is 2. The zero-order valence-electron chi connectivity index (χ0n) is 20.3. The number of piperazine rings is 1. The molecule has 1 aromatic carbocycles. The molecule has 2 aromatic rings. The molecule has 3 heterocycles. The molecule has 2 aliphatic rings. The Morgan fingerprint density at radius 3 is 2.36 bits per heavy atom. The third-order valence-electron chi connectivity index (χ3n) is 6.40. The van der Waals surface area contributed by atoms with Crippen LogP contribution in [-0.2, 0) is 10.2 Å². The van der Waals surface area contributed by atoms with Gasteiger partial charge in [-0.1, -0.05) is 27.7 Å². The predicted octanol–water partition coefficient (Wildman–Crippen LogP) is 5.17. The second-order valence-corrected chi connectivity index (χ2v) is 12.3. The van der Waals surface area contributed by atoms with Gasteiger partial charge >= 0.3 is 0 Å². The highest BCUT2D eigenvalue weighted by Crippen LogP contribution is 2.39. The Kier molecular flexibility index (Phi) is 7.21. The summed E-state index contributed by atoms with van der Waals surface area (Å²) in [6.45, 7) is 15.1. The van der Waals surface area contributed by atoms with Gasteiger partial charge in [0.25, 0.3) is 5.24 Å². The van der Waals surface area contributed by atoms with E-state index < -0.39 is 0 Å². The van der Waals surface area contributed by atoms with Crippen LogP contribution in [0.3, 0.4) is 0 Å². The van der Waals surface area contributed by atoms with Gasteiger partial charge in [0.2, 0.25) is 5.91 Å². The Morgan fingerprint density at radius 1 is 1.09 bits per heavy atom. The third kappa shape index (κ3) is 5.81. The molecule has 0 spiro atoms. The van der Waals surface area contributed by atoms with E-state index in [4.69, 9.17) is 4.98 Å². The third-order valence-corrected chi connectivity index (χ3v) is 8.74. The summed E-state index contributed by atoms with van der Waals surface area (Å²) in [5.41, 5.74) is 2.92. The molecule has 1 aromatic heterocycles. The van der Waals surface area contributed by atoms with Gasteiger partial charge in [-0.3, -0.25) is 9.59 Å². The highest BCUT2D eigenvalue weighted by atomic mass is 32.2. The van der Waals surface area contributed by atoms with E-state index in [0.29, 0.717) is 26.2 Å². The van der Waals surface area contributed by atoms with Crippen molar-refractivity contribution in [3.8, 4) is 0 Å². The van der Waals surface area contributed by atoms with Crippen LogP contribution in [0.5, 0.6) is 0 Å². The normalized spacial score (nSPS) is 18.7. The van der Waals surface area contributed by atoms with Gasteiger partial charge in [0.05, 0.1) is 26.6 Å². The first kappa shape index (κ1) is 24.3. The molecule has 0 bridgehead atoms. The number of nitrogens with one attached hydrogen (secondary N) is 1. The summed E-state index contributed by atoms with van der Waals surface area (Å²) in [5.74, 6) is 0.830. The summed E-state index contributed by atoms with van der Waals surface area (Å²) in [4.78, 5) is 33.7. The van der Waals surface area contributed by atoms with Crippen molar-refractivity contribution in [2.45, 2.75) is 52.9 Å². The summed E-state index contributed by atoms with van der Waals surface area (Å²) >= 11 is 2.92. The highest BCUT2D eigenvalue weighted by Gasteiger charge is 2.25. The SMILES string of the molecule is CC(=O)N1CCN(SC(=O)Nc2cc3sc(C(C)(C)C)nc3cc2N2CCC(C)CC2)CC1. The van der Waals surface area contributed by atoms with E-state index in [-0.39, 0.29) is 16.6 Å². The van der Waals surface area contributed by atoms with E-state index in [2.05, 4.69) is 50.0 Å². The number of nitrogens with zero attached hydrogens (tertiary/aromatic N) is 4. The van der Waals surface area contributed by atoms with E-state index in [0.717, 1.165) is 58.4 Å². The first-order valence-electron chi connectivity index (χ1n) is 11.8. The summed E-state index contributed by atoms with van der Waals surface area (Å²) in [7, 11) is 0. The van der Waals surface area contributed by atoms with Crippen molar-refractivity contribution in [1.29, 1.82) is 0 Å². The van der Waals surface area contributed by atoms with E-state index in [1.165, 1.54) is 11.9 Å². The fraction of sp³-hybridized carbons (Fsp3) is 0.625. The van der Waals surface area contributed by atoms with Crippen LogP contribution in [-0.4, -0.2) is 64.6 Å². The number of carbonyl (C=O) groups is 2. The number of piperidine rings is 1. The molecule has 0 aliphatic carbocycles. The molecule has 0 saturated carbocycles. The molecular formula is C24H35N5O2S2. The molecule has 0 atom stereocenters. The molecule has 7 nitrogen and oxygen atoms in total. The molecule has 0 unspecified atom stereocenters. The van der Waals surface area contributed by atoms with Crippen molar-refractivity contribution in [2.24, 2.45) is 5.92 Å². The van der Waals surface area contributed by atoms with Gasteiger partial charge in [-0.2, -0.15) is 0 Å². The monoisotopic (exact) mass is 489 g/mol. The summed E-state index contributed by atoms with van der Waals surface area (Å²) in [6, 6.07) is 4.25. The number of aromatic nitrogens is 1. The van der Waals surface area contributed by atoms with Crippen molar-refractivity contribution in [2.75, 3.05) is 49.5 Å². The summed E-state index contributed by atoms with van der Waals surface area (Å²) < 4.78 is 3.14. The van der Waals surface area contributed by atoms with Crippen LogP contribution in [0.1, 0.15) is 52.5 Å². The van der Waals surface area contributed by atoms with Crippen LogP contribution in [0, 0.1) is 5.92 Å². The lowest BCUT2D eigenvalue weighted by Crippen LogP contribution is -2.45. The Hall–Kier alpha value is -1.84. The standard InChI is InChI=1S/C24H35N5O2S2/c1-16-6-8-28(9-7-16)20-14-19-21(32-22(25-19)24(3,4)5)15-18(20)26-23(31)33-29-12-10-27(11-13-29)17(2)30/h14-16H,6-13H2,1-5H3,(H,26,31). The maximum atomic E-state index is 13.0. The zero-order valence-corrected chi connectivity index (χ0v) is 21.9. The Morgan fingerprint density at radius 2 is 1.76 bits per heavy atom. The van der Waals surface area contributed by atoms with Crippen LogP contribution < -0.4 is 10.2 Å². The topological polar surface area (TPSA) is 68.8 Å². The molecular weight excluding hydrogens is 454 g/mol. The number of carbonyl (C=O) groups excluding carboxylic acids is 2. The lowest BCUT2D eigenvalue weighted by molar-refractivity contribution is -0.129. The Bertz CT molecular complexity index is 1020. The van der Waals surface area contributed by atoms with Crippen molar-refractivity contribution in [3.05, 3.63) is 17.1 Å². The minimum Gasteiger partial charge on any atom is -0.370 e. The highest BCUT2D eigenvalue weighted by molar-refractivity contribution is 8.11. The average Bonchev–Trinajstić information content (AvgIpc) is 3.18. The Balaban J connectivity index is 1.54. The number of benzene rings is 1. The largest absolute Gasteiger partial charge is 0.370 e. The van der Waals surface area contributed by atoms with Crippen LogP contribution in [0.4, 0.5) is 16.2 Å². The van der Waals surface area contributed by atoms with E-state index in [9.17, 15) is 9.59 Å². The molecule has 1 N–H and O–H groups in total. The zero-order chi connectivity index (χ0) is 23.8.